The number of phenolic OH excluding ortho intramolecular Hbond substituents is 1. The Morgan fingerprint density at radius 2 is 2.31 bits per heavy atom. The zero-order chi connectivity index (χ0) is 9.84. The molecule has 13 heavy (non-hydrogen) atoms. The van der Waals surface area contributed by atoms with Crippen molar-refractivity contribution in [2.75, 3.05) is 6.54 Å². The van der Waals surface area contributed by atoms with Gasteiger partial charge in [0.05, 0.1) is 5.56 Å². The van der Waals surface area contributed by atoms with Gasteiger partial charge in [0.1, 0.15) is 5.75 Å². The molecule has 0 atom stereocenters. The van der Waals surface area contributed by atoms with Crippen molar-refractivity contribution < 1.29 is 9.90 Å². The van der Waals surface area contributed by atoms with Gasteiger partial charge in [-0.3, -0.25) is 4.79 Å². The van der Waals surface area contributed by atoms with Gasteiger partial charge in [0, 0.05) is 11.6 Å². The lowest BCUT2D eigenvalue weighted by Gasteiger charge is -2.04. The van der Waals surface area contributed by atoms with E-state index in [9.17, 15) is 9.90 Å². The Kier molecular flexibility index (Phi) is 3.14. The highest BCUT2D eigenvalue weighted by molar-refractivity contribution is 6.31. The molecule has 0 spiro atoms. The van der Waals surface area contributed by atoms with Crippen LogP contribution in [0.3, 0.4) is 0 Å². The molecule has 0 saturated heterocycles. The topological polar surface area (TPSA) is 49.3 Å². The number of nitrogens with one attached hydrogen (secondary N) is 1. The molecule has 3 nitrogen and oxygen atoms in total. The second-order valence-electron chi connectivity index (χ2n) is 2.52. The fraction of sp³-hybridized carbons (Fsp3) is 0.222. The molecule has 1 aromatic rings. The van der Waals surface area contributed by atoms with Crippen LogP contribution in [0.4, 0.5) is 0 Å². The molecule has 0 aliphatic heterocycles. The van der Waals surface area contributed by atoms with Crippen molar-refractivity contribution in [3.8, 4) is 5.75 Å². The minimum atomic E-state index is -0.317. The van der Waals surface area contributed by atoms with Gasteiger partial charge < -0.3 is 10.4 Å². The van der Waals surface area contributed by atoms with Crippen LogP contribution in [0.1, 0.15) is 17.3 Å². The maximum Gasteiger partial charge on any atom is 0.255 e. The molecule has 0 fully saturated rings. The third-order valence-electron chi connectivity index (χ3n) is 1.54. The van der Waals surface area contributed by atoms with E-state index in [-0.39, 0.29) is 17.2 Å². The predicted octanol–water partition coefficient (Wildman–Crippen LogP) is 1.80. The van der Waals surface area contributed by atoms with E-state index in [1.165, 1.54) is 18.2 Å². The molecule has 4 heteroatoms. The van der Waals surface area contributed by atoms with Gasteiger partial charge in [-0.05, 0) is 25.1 Å². The van der Waals surface area contributed by atoms with Gasteiger partial charge in [0.15, 0.2) is 0 Å². The maximum absolute atomic E-state index is 11.3. The number of carbonyl (C=O) groups excluding carboxylic acids is 1. The van der Waals surface area contributed by atoms with E-state index in [0.29, 0.717) is 11.6 Å². The number of halogens is 1. The van der Waals surface area contributed by atoms with Crippen LogP contribution in [0.5, 0.6) is 5.75 Å². The first-order valence-electron chi connectivity index (χ1n) is 3.92. The van der Waals surface area contributed by atoms with E-state index < -0.39 is 0 Å². The van der Waals surface area contributed by atoms with Crippen molar-refractivity contribution in [1.29, 1.82) is 0 Å². The molecule has 1 rings (SSSR count). The minimum Gasteiger partial charge on any atom is -0.507 e. The molecule has 0 heterocycles. The van der Waals surface area contributed by atoms with Crippen LogP contribution in [-0.4, -0.2) is 17.6 Å². The number of carbonyl (C=O) groups is 1. The van der Waals surface area contributed by atoms with Gasteiger partial charge in [0.25, 0.3) is 5.91 Å². The van der Waals surface area contributed by atoms with Crippen LogP contribution < -0.4 is 5.32 Å². The highest BCUT2D eigenvalue weighted by Crippen LogP contribution is 2.20. The summed E-state index contributed by atoms with van der Waals surface area (Å²) in [6.07, 6.45) is 0. The largest absolute Gasteiger partial charge is 0.507 e. The lowest BCUT2D eigenvalue weighted by atomic mass is 10.2. The van der Waals surface area contributed by atoms with Crippen molar-refractivity contribution in [2.45, 2.75) is 6.92 Å². The molecule has 0 saturated carbocycles. The third-order valence-corrected chi connectivity index (χ3v) is 1.78. The molecule has 0 aliphatic rings. The fourth-order valence-electron chi connectivity index (χ4n) is 0.946. The zero-order valence-corrected chi connectivity index (χ0v) is 7.93. The molecule has 70 valence electrons. The molecular formula is C9H10ClNO2. The summed E-state index contributed by atoms with van der Waals surface area (Å²) in [5.41, 5.74) is 0.203. The Hall–Kier alpha value is -1.22. The number of aromatic hydroxyl groups is 1. The Labute approximate surface area is 81.3 Å². The summed E-state index contributed by atoms with van der Waals surface area (Å²) < 4.78 is 0. The summed E-state index contributed by atoms with van der Waals surface area (Å²) in [7, 11) is 0. The molecule has 0 radical (unpaired) electrons. The zero-order valence-electron chi connectivity index (χ0n) is 7.17. The first-order chi connectivity index (χ1) is 6.15. The van der Waals surface area contributed by atoms with Crippen molar-refractivity contribution in [1.82, 2.24) is 5.32 Å². The first kappa shape index (κ1) is 9.86. The van der Waals surface area contributed by atoms with Crippen LogP contribution in [0, 0.1) is 0 Å². The SMILES string of the molecule is CCNC(=O)c1cc(Cl)ccc1O. The van der Waals surface area contributed by atoms with E-state index in [1.807, 2.05) is 0 Å². The summed E-state index contributed by atoms with van der Waals surface area (Å²) >= 11 is 5.67. The highest BCUT2D eigenvalue weighted by Gasteiger charge is 2.09. The van der Waals surface area contributed by atoms with Crippen molar-refractivity contribution in [2.24, 2.45) is 0 Å². The molecule has 2 N–H and O–H groups in total. The Morgan fingerprint density at radius 1 is 1.62 bits per heavy atom. The minimum absolute atomic E-state index is 0.0599. The number of benzene rings is 1. The molecule has 0 aliphatic carbocycles. The van der Waals surface area contributed by atoms with E-state index in [2.05, 4.69) is 5.32 Å². The van der Waals surface area contributed by atoms with Crippen molar-refractivity contribution >= 4 is 17.5 Å². The van der Waals surface area contributed by atoms with E-state index in [1.54, 1.807) is 6.92 Å². The molecule has 0 unspecified atom stereocenters. The first-order valence-corrected chi connectivity index (χ1v) is 4.29. The second-order valence-corrected chi connectivity index (χ2v) is 2.96. The van der Waals surface area contributed by atoms with Gasteiger partial charge in [-0.1, -0.05) is 11.6 Å². The molecular weight excluding hydrogens is 190 g/mol. The summed E-state index contributed by atoms with van der Waals surface area (Å²) in [6.45, 7) is 2.32. The second kappa shape index (κ2) is 4.14. The summed E-state index contributed by atoms with van der Waals surface area (Å²) in [5.74, 6) is -0.377. The smallest absolute Gasteiger partial charge is 0.255 e. The van der Waals surface area contributed by atoms with Crippen LogP contribution in [0.25, 0.3) is 0 Å². The summed E-state index contributed by atoms with van der Waals surface area (Å²) in [4.78, 5) is 11.3. The van der Waals surface area contributed by atoms with Gasteiger partial charge in [-0.2, -0.15) is 0 Å². The predicted molar refractivity (Wildman–Crippen MR) is 51.1 cm³/mol. The van der Waals surface area contributed by atoms with Crippen molar-refractivity contribution in [3.05, 3.63) is 28.8 Å². The number of rotatable bonds is 2. The van der Waals surface area contributed by atoms with Gasteiger partial charge in [-0.15, -0.1) is 0 Å². The van der Waals surface area contributed by atoms with Crippen LogP contribution in [-0.2, 0) is 0 Å². The lowest BCUT2D eigenvalue weighted by molar-refractivity contribution is 0.0953. The van der Waals surface area contributed by atoms with Crippen molar-refractivity contribution in [3.63, 3.8) is 0 Å². The van der Waals surface area contributed by atoms with Crippen LogP contribution >= 0.6 is 11.6 Å². The Bertz CT molecular complexity index is 325. The number of amides is 1. The average molecular weight is 200 g/mol. The quantitative estimate of drug-likeness (QED) is 0.763. The van der Waals surface area contributed by atoms with E-state index >= 15 is 0 Å². The normalized spacial score (nSPS) is 9.69. The maximum atomic E-state index is 11.3. The molecule has 0 aromatic heterocycles. The Morgan fingerprint density at radius 3 is 2.92 bits per heavy atom. The van der Waals surface area contributed by atoms with E-state index in [0.717, 1.165) is 0 Å². The number of hydrogen-bond acceptors (Lipinski definition) is 2. The average Bonchev–Trinajstić information content (AvgIpc) is 2.09. The van der Waals surface area contributed by atoms with Crippen LogP contribution in [0.15, 0.2) is 18.2 Å². The van der Waals surface area contributed by atoms with Gasteiger partial charge in [0.2, 0.25) is 0 Å². The standard InChI is InChI=1S/C9H10ClNO2/c1-2-11-9(13)7-5-6(10)3-4-8(7)12/h3-5,12H,2H2,1H3,(H,11,13). The monoisotopic (exact) mass is 199 g/mol. The molecule has 0 bridgehead atoms. The van der Waals surface area contributed by atoms with Crippen LogP contribution in [0.2, 0.25) is 5.02 Å². The number of phenols is 1. The molecule has 1 aromatic carbocycles. The highest BCUT2D eigenvalue weighted by atomic mass is 35.5. The van der Waals surface area contributed by atoms with E-state index in [4.69, 9.17) is 11.6 Å². The fourth-order valence-corrected chi connectivity index (χ4v) is 1.12. The summed E-state index contributed by atoms with van der Waals surface area (Å²) in [6, 6.07) is 4.36. The molecule has 1 amide bonds. The Balaban J connectivity index is 2.99. The number of hydrogen-bond donors (Lipinski definition) is 2. The summed E-state index contributed by atoms with van der Waals surface area (Å²) in [5, 5.41) is 12.3. The third kappa shape index (κ3) is 2.36. The van der Waals surface area contributed by atoms with Gasteiger partial charge in [-0.25, -0.2) is 0 Å². The lowest BCUT2D eigenvalue weighted by Crippen LogP contribution is -2.22. The van der Waals surface area contributed by atoms with Gasteiger partial charge >= 0.3 is 0 Å².